The molecule has 1 atom stereocenters. The van der Waals surface area contributed by atoms with Crippen LogP contribution in [0.1, 0.15) is 49.8 Å². The summed E-state index contributed by atoms with van der Waals surface area (Å²) < 4.78 is 0. The van der Waals surface area contributed by atoms with Crippen molar-refractivity contribution in [1.29, 1.82) is 0 Å². The molecule has 0 saturated carbocycles. The lowest BCUT2D eigenvalue weighted by molar-refractivity contribution is -0.140. The van der Waals surface area contributed by atoms with Gasteiger partial charge in [-0.05, 0) is 37.5 Å². The van der Waals surface area contributed by atoms with Crippen molar-refractivity contribution in [3.05, 3.63) is 69.2 Å². The van der Waals surface area contributed by atoms with Gasteiger partial charge in [-0.1, -0.05) is 79.4 Å². The highest BCUT2D eigenvalue weighted by molar-refractivity contribution is 6.36. The molecule has 30 heavy (non-hydrogen) atoms. The molecule has 2 aromatic rings. The Morgan fingerprint density at radius 2 is 1.73 bits per heavy atom. The van der Waals surface area contributed by atoms with E-state index in [2.05, 4.69) is 12.2 Å². The van der Waals surface area contributed by atoms with E-state index in [0.717, 1.165) is 24.0 Å². The Labute approximate surface area is 189 Å². The fourth-order valence-corrected chi connectivity index (χ4v) is 3.89. The molecular weight excluding hydrogens is 419 g/mol. The van der Waals surface area contributed by atoms with E-state index in [-0.39, 0.29) is 24.8 Å². The standard InChI is InChI=1S/C24H30Cl2N2O2/c1-4-6-13-27-24(30)22(5-2)28(16-19-20(25)11-8-12-21(19)26)23(29)15-18-10-7-9-17(3)14-18/h7-12,14,22H,4-6,13,15-16H2,1-3H3,(H,27,30)/t22-/m0/s1. The molecule has 1 N–H and O–H groups in total. The Morgan fingerprint density at radius 3 is 2.33 bits per heavy atom. The summed E-state index contributed by atoms with van der Waals surface area (Å²) in [6, 6.07) is 12.5. The van der Waals surface area contributed by atoms with Crippen LogP contribution in [0.5, 0.6) is 0 Å². The topological polar surface area (TPSA) is 49.4 Å². The van der Waals surface area contributed by atoms with Gasteiger partial charge in [0.15, 0.2) is 0 Å². The maximum Gasteiger partial charge on any atom is 0.242 e. The van der Waals surface area contributed by atoms with Crippen molar-refractivity contribution in [2.75, 3.05) is 6.54 Å². The number of nitrogens with zero attached hydrogens (tertiary/aromatic N) is 1. The Bertz CT molecular complexity index is 850. The predicted molar refractivity (Wildman–Crippen MR) is 124 cm³/mol. The lowest BCUT2D eigenvalue weighted by atomic mass is 10.0. The molecule has 0 unspecified atom stereocenters. The molecule has 162 valence electrons. The highest BCUT2D eigenvalue weighted by atomic mass is 35.5. The van der Waals surface area contributed by atoms with Gasteiger partial charge in [0.25, 0.3) is 0 Å². The van der Waals surface area contributed by atoms with Crippen molar-refractivity contribution < 1.29 is 9.59 Å². The van der Waals surface area contributed by atoms with Gasteiger partial charge in [0.2, 0.25) is 11.8 Å². The first-order chi connectivity index (χ1) is 14.4. The van der Waals surface area contributed by atoms with Gasteiger partial charge in [0.05, 0.1) is 6.42 Å². The van der Waals surface area contributed by atoms with Crippen LogP contribution in [-0.4, -0.2) is 29.3 Å². The Balaban J connectivity index is 2.32. The Morgan fingerprint density at radius 1 is 1.07 bits per heavy atom. The van der Waals surface area contributed by atoms with Crippen LogP contribution in [0, 0.1) is 6.92 Å². The van der Waals surface area contributed by atoms with Crippen LogP contribution in [0.3, 0.4) is 0 Å². The summed E-state index contributed by atoms with van der Waals surface area (Å²) in [4.78, 5) is 27.8. The molecule has 0 heterocycles. The summed E-state index contributed by atoms with van der Waals surface area (Å²) in [7, 11) is 0. The molecular formula is C24H30Cl2N2O2. The minimum atomic E-state index is -0.591. The van der Waals surface area contributed by atoms with Crippen LogP contribution >= 0.6 is 23.2 Å². The minimum absolute atomic E-state index is 0.130. The molecule has 2 rings (SSSR count). The van der Waals surface area contributed by atoms with Crippen LogP contribution in [0.2, 0.25) is 10.0 Å². The number of carbonyl (C=O) groups excluding carboxylic acids is 2. The number of hydrogen-bond donors (Lipinski definition) is 1. The largest absolute Gasteiger partial charge is 0.354 e. The van der Waals surface area contributed by atoms with E-state index in [4.69, 9.17) is 23.2 Å². The normalized spacial score (nSPS) is 11.8. The van der Waals surface area contributed by atoms with Gasteiger partial charge in [-0.25, -0.2) is 0 Å². The zero-order valence-corrected chi connectivity index (χ0v) is 19.4. The van der Waals surface area contributed by atoms with Gasteiger partial charge in [-0.15, -0.1) is 0 Å². The molecule has 0 aliphatic heterocycles. The van der Waals surface area contributed by atoms with E-state index < -0.39 is 6.04 Å². The number of rotatable bonds is 10. The van der Waals surface area contributed by atoms with Gasteiger partial charge in [0, 0.05) is 28.7 Å². The summed E-state index contributed by atoms with van der Waals surface area (Å²) >= 11 is 12.7. The Kier molecular flexibility index (Phi) is 9.67. The first-order valence-corrected chi connectivity index (χ1v) is 11.2. The molecule has 4 nitrogen and oxygen atoms in total. The average Bonchev–Trinajstić information content (AvgIpc) is 2.70. The highest BCUT2D eigenvalue weighted by Gasteiger charge is 2.29. The lowest BCUT2D eigenvalue weighted by Gasteiger charge is -2.31. The molecule has 0 saturated heterocycles. The van der Waals surface area contributed by atoms with Crippen molar-refractivity contribution in [2.24, 2.45) is 0 Å². The molecule has 0 fully saturated rings. The summed E-state index contributed by atoms with van der Waals surface area (Å²) in [5, 5.41) is 3.93. The number of nitrogens with one attached hydrogen (secondary N) is 1. The van der Waals surface area contributed by atoms with Crippen LogP contribution in [0.25, 0.3) is 0 Å². The van der Waals surface area contributed by atoms with E-state index in [0.29, 0.717) is 28.6 Å². The number of hydrogen-bond acceptors (Lipinski definition) is 2. The number of halogens is 2. The third-order valence-electron chi connectivity index (χ3n) is 5.04. The lowest BCUT2D eigenvalue weighted by Crippen LogP contribution is -2.49. The van der Waals surface area contributed by atoms with Crippen molar-refractivity contribution >= 4 is 35.0 Å². The van der Waals surface area contributed by atoms with E-state index in [9.17, 15) is 9.59 Å². The second-order valence-electron chi connectivity index (χ2n) is 7.46. The number of aryl methyl sites for hydroxylation is 1. The zero-order valence-electron chi connectivity index (χ0n) is 17.9. The summed E-state index contributed by atoms with van der Waals surface area (Å²) in [6.07, 6.45) is 2.60. The fourth-order valence-electron chi connectivity index (χ4n) is 3.38. The molecule has 0 bridgehead atoms. The predicted octanol–water partition coefficient (Wildman–Crippen LogP) is 5.57. The fraction of sp³-hybridized carbons (Fsp3) is 0.417. The smallest absolute Gasteiger partial charge is 0.242 e. The maximum absolute atomic E-state index is 13.3. The maximum atomic E-state index is 13.3. The van der Waals surface area contributed by atoms with E-state index in [1.165, 1.54) is 0 Å². The van der Waals surface area contributed by atoms with Crippen LogP contribution in [-0.2, 0) is 22.6 Å². The summed E-state index contributed by atoms with van der Waals surface area (Å²) in [5.41, 5.74) is 2.65. The van der Waals surface area contributed by atoms with Gasteiger partial charge in [0.1, 0.15) is 6.04 Å². The molecule has 0 aromatic heterocycles. The molecule has 2 aromatic carbocycles. The van der Waals surface area contributed by atoms with Gasteiger partial charge in [-0.2, -0.15) is 0 Å². The average molecular weight is 449 g/mol. The van der Waals surface area contributed by atoms with Crippen LogP contribution < -0.4 is 5.32 Å². The molecule has 6 heteroatoms. The van der Waals surface area contributed by atoms with E-state index in [1.807, 2.05) is 38.1 Å². The van der Waals surface area contributed by atoms with Crippen LogP contribution in [0.4, 0.5) is 0 Å². The van der Waals surface area contributed by atoms with E-state index >= 15 is 0 Å². The van der Waals surface area contributed by atoms with Gasteiger partial charge >= 0.3 is 0 Å². The van der Waals surface area contributed by atoms with Crippen molar-refractivity contribution in [2.45, 2.75) is 59.0 Å². The van der Waals surface area contributed by atoms with E-state index in [1.54, 1.807) is 23.1 Å². The minimum Gasteiger partial charge on any atom is -0.354 e. The van der Waals surface area contributed by atoms with Crippen molar-refractivity contribution in [3.63, 3.8) is 0 Å². The molecule has 0 spiro atoms. The second-order valence-corrected chi connectivity index (χ2v) is 8.27. The molecule has 0 radical (unpaired) electrons. The van der Waals surface area contributed by atoms with Gasteiger partial charge < -0.3 is 10.2 Å². The first kappa shape index (κ1) is 24.2. The first-order valence-electron chi connectivity index (χ1n) is 10.4. The SMILES string of the molecule is CCCCNC(=O)[C@H](CC)N(Cc1c(Cl)cccc1Cl)C(=O)Cc1cccc(C)c1. The third kappa shape index (κ3) is 6.75. The van der Waals surface area contributed by atoms with Crippen LogP contribution in [0.15, 0.2) is 42.5 Å². The second kappa shape index (κ2) is 12.0. The molecule has 0 aliphatic rings. The number of unbranched alkanes of at least 4 members (excludes halogenated alkanes) is 1. The van der Waals surface area contributed by atoms with Crippen molar-refractivity contribution in [1.82, 2.24) is 10.2 Å². The molecule has 0 aliphatic carbocycles. The number of amides is 2. The summed E-state index contributed by atoms with van der Waals surface area (Å²) in [6.45, 7) is 6.75. The van der Waals surface area contributed by atoms with Crippen molar-refractivity contribution in [3.8, 4) is 0 Å². The molecule has 2 amide bonds. The summed E-state index contributed by atoms with van der Waals surface area (Å²) in [5.74, 6) is -0.277. The number of benzene rings is 2. The quantitative estimate of drug-likeness (QED) is 0.483. The van der Waals surface area contributed by atoms with Gasteiger partial charge in [-0.3, -0.25) is 9.59 Å². The zero-order chi connectivity index (χ0) is 22.1. The monoisotopic (exact) mass is 448 g/mol. The third-order valence-corrected chi connectivity index (χ3v) is 5.75. The Hall–Kier alpha value is -2.04. The highest BCUT2D eigenvalue weighted by Crippen LogP contribution is 2.27. The number of carbonyl (C=O) groups is 2.